The minimum atomic E-state index is 0.0418. The number of carbonyl (C=O) groups excluding carboxylic acids is 1. The Morgan fingerprint density at radius 2 is 1.79 bits per heavy atom. The molecule has 5 unspecified atom stereocenters. The SMILES string of the molecule is CN(C)c1ccc(C2c3sc(=O)n(CC(=O)N4CCCCC4)c3SC3C4CCC(C4)C23)cc1. The Kier molecular flexibility index (Phi) is 5.60. The number of fused-ring (bicyclic) bond motifs is 6. The molecular formula is C26H33N3O2S2. The smallest absolute Gasteiger partial charge is 0.308 e. The monoisotopic (exact) mass is 483 g/mol. The number of thiazole rings is 1. The third-order valence-electron chi connectivity index (χ3n) is 8.46. The number of piperidine rings is 1. The van der Waals surface area contributed by atoms with Gasteiger partial charge < -0.3 is 9.80 Å². The number of thioether (sulfide) groups is 1. The number of hydrogen-bond donors (Lipinski definition) is 0. The molecule has 0 spiro atoms. The molecule has 5 atom stereocenters. The maximum absolute atomic E-state index is 13.2. The van der Waals surface area contributed by atoms with Crippen LogP contribution in [0.2, 0.25) is 0 Å². The van der Waals surface area contributed by atoms with Crippen molar-refractivity contribution < 1.29 is 4.79 Å². The number of carbonyl (C=O) groups is 1. The third-order valence-corrected chi connectivity index (χ3v) is 11.3. The minimum absolute atomic E-state index is 0.0418. The number of anilines is 1. The van der Waals surface area contributed by atoms with Gasteiger partial charge in [0.2, 0.25) is 5.91 Å². The van der Waals surface area contributed by atoms with Crippen LogP contribution in [0, 0.1) is 17.8 Å². The summed E-state index contributed by atoms with van der Waals surface area (Å²) >= 11 is 3.33. The highest BCUT2D eigenvalue weighted by Gasteiger charge is 2.55. The van der Waals surface area contributed by atoms with Crippen LogP contribution in [0.1, 0.15) is 54.9 Å². The molecule has 3 fully saturated rings. The number of likely N-dealkylation sites (tertiary alicyclic amines) is 1. The van der Waals surface area contributed by atoms with Crippen LogP contribution in [-0.4, -0.2) is 47.8 Å². The Balaban J connectivity index is 1.39. The molecule has 7 heteroatoms. The Bertz CT molecular complexity index is 1100. The molecule has 1 amide bonds. The highest BCUT2D eigenvalue weighted by Crippen LogP contribution is 2.64. The predicted molar refractivity (Wildman–Crippen MR) is 136 cm³/mol. The first-order valence-electron chi connectivity index (χ1n) is 12.5. The zero-order chi connectivity index (χ0) is 22.7. The van der Waals surface area contributed by atoms with Crippen molar-refractivity contribution in [1.29, 1.82) is 0 Å². The molecule has 2 saturated carbocycles. The van der Waals surface area contributed by atoms with Crippen LogP contribution in [0.25, 0.3) is 0 Å². The second-order valence-corrected chi connectivity index (χ2v) is 12.7. The molecule has 2 aromatic rings. The molecule has 176 valence electrons. The van der Waals surface area contributed by atoms with Gasteiger partial charge in [0.1, 0.15) is 6.54 Å². The van der Waals surface area contributed by atoms with Crippen molar-refractivity contribution in [1.82, 2.24) is 9.47 Å². The van der Waals surface area contributed by atoms with Crippen LogP contribution < -0.4 is 9.77 Å². The maximum Gasteiger partial charge on any atom is 0.308 e. The van der Waals surface area contributed by atoms with Gasteiger partial charge in [0.25, 0.3) is 0 Å². The standard InChI is InChI=1S/C26H33N3O2S2/c1-27(2)19-10-8-16(9-11-19)21-22-17-6-7-18(14-17)23(22)32-25-24(21)33-26(31)29(25)15-20(30)28-12-4-3-5-13-28/h8-11,17-18,21-23H,3-7,12-15H2,1-2H3. The minimum Gasteiger partial charge on any atom is -0.378 e. The number of amides is 1. The number of hydrogen-bond acceptors (Lipinski definition) is 5. The number of rotatable bonds is 4. The molecule has 1 saturated heterocycles. The van der Waals surface area contributed by atoms with Gasteiger partial charge in [-0.15, -0.1) is 11.8 Å². The molecule has 1 aromatic heterocycles. The fourth-order valence-corrected chi connectivity index (χ4v) is 9.97. The summed E-state index contributed by atoms with van der Waals surface area (Å²) in [7, 11) is 4.14. The quantitative estimate of drug-likeness (QED) is 0.636. The van der Waals surface area contributed by atoms with E-state index in [1.165, 1.54) is 53.1 Å². The van der Waals surface area contributed by atoms with E-state index in [1.807, 2.05) is 21.2 Å². The average molecular weight is 484 g/mol. The third kappa shape index (κ3) is 3.66. The fourth-order valence-electron chi connectivity index (χ4n) is 6.82. The van der Waals surface area contributed by atoms with Crippen molar-refractivity contribution in [2.45, 2.75) is 61.3 Å². The lowest BCUT2D eigenvalue weighted by Crippen LogP contribution is -2.39. The highest BCUT2D eigenvalue weighted by molar-refractivity contribution is 8.00. The fraction of sp³-hybridized carbons (Fsp3) is 0.615. The first-order valence-corrected chi connectivity index (χ1v) is 14.2. The molecule has 33 heavy (non-hydrogen) atoms. The number of aromatic nitrogens is 1. The zero-order valence-corrected chi connectivity index (χ0v) is 21.2. The lowest BCUT2D eigenvalue weighted by Gasteiger charge is -2.40. The Hall–Kier alpha value is -1.73. The van der Waals surface area contributed by atoms with Gasteiger partial charge in [0.15, 0.2) is 0 Å². The summed E-state index contributed by atoms with van der Waals surface area (Å²) in [5, 5.41) is 1.66. The van der Waals surface area contributed by atoms with E-state index in [-0.39, 0.29) is 23.2 Å². The van der Waals surface area contributed by atoms with E-state index in [2.05, 4.69) is 43.3 Å². The van der Waals surface area contributed by atoms with Gasteiger partial charge in [0.05, 0.1) is 5.03 Å². The van der Waals surface area contributed by atoms with Crippen LogP contribution in [0.15, 0.2) is 34.1 Å². The maximum atomic E-state index is 13.2. The van der Waals surface area contributed by atoms with Crippen LogP contribution in [0.4, 0.5) is 5.69 Å². The largest absolute Gasteiger partial charge is 0.378 e. The van der Waals surface area contributed by atoms with Crippen molar-refractivity contribution in [2.24, 2.45) is 17.8 Å². The van der Waals surface area contributed by atoms with E-state index in [0.717, 1.165) is 42.8 Å². The zero-order valence-electron chi connectivity index (χ0n) is 19.5. The Morgan fingerprint density at radius 3 is 2.52 bits per heavy atom. The van der Waals surface area contributed by atoms with Crippen LogP contribution in [-0.2, 0) is 11.3 Å². The molecule has 4 aliphatic rings. The molecule has 2 aliphatic carbocycles. The second kappa shape index (κ2) is 8.49. The molecule has 0 radical (unpaired) electrons. The van der Waals surface area contributed by atoms with Gasteiger partial charge in [-0.05, 0) is 74.0 Å². The van der Waals surface area contributed by atoms with E-state index in [0.29, 0.717) is 11.2 Å². The highest BCUT2D eigenvalue weighted by atomic mass is 32.2. The van der Waals surface area contributed by atoms with Gasteiger partial charge in [0, 0.05) is 48.9 Å². The van der Waals surface area contributed by atoms with Crippen LogP contribution in [0.5, 0.6) is 0 Å². The number of benzene rings is 1. The second-order valence-electron chi connectivity index (χ2n) is 10.5. The van der Waals surface area contributed by atoms with E-state index in [9.17, 15) is 9.59 Å². The molecule has 2 aliphatic heterocycles. The van der Waals surface area contributed by atoms with E-state index in [4.69, 9.17) is 0 Å². The van der Waals surface area contributed by atoms with Gasteiger partial charge in [-0.1, -0.05) is 23.5 Å². The summed E-state index contributed by atoms with van der Waals surface area (Å²) in [4.78, 5) is 31.7. The molecule has 2 bridgehead atoms. The van der Waals surface area contributed by atoms with Crippen LogP contribution in [0.3, 0.4) is 0 Å². The molecule has 0 N–H and O–H groups in total. The van der Waals surface area contributed by atoms with Gasteiger partial charge >= 0.3 is 4.87 Å². The Morgan fingerprint density at radius 1 is 1.06 bits per heavy atom. The van der Waals surface area contributed by atoms with Crippen LogP contribution >= 0.6 is 23.1 Å². The summed E-state index contributed by atoms with van der Waals surface area (Å²) in [5.41, 5.74) is 2.53. The summed E-state index contributed by atoms with van der Waals surface area (Å²) < 4.78 is 1.82. The van der Waals surface area contributed by atoms with E-state index < -0.39 is 0 Å². The molecule has 1 aromatic carbocycles. The molecule has 6 rings (SSSR count). The summed E-state index contributed by atoms with van der Waals surface area (Å²) in [6, 6.07) is 8.96. The van der Waals surface area contributed by atoms with Crippen molar-refractivity contribution in [3.8, 4) is 0 Å². The molecule has 3 heterocycles. The topological polar surface area (TPSA) is 45.6 Å². The van der Waals surface area contributed by atoms with Crippen molar-refractivity contribution in [3.05, 3.63) is 44.4 Å². The van der Waals surface area contributed by atoms with Gasteiger partial charge in [-0.3, -0.25) is 14.2 Å². The average Bonchev–Trinajstić information content (AvgIpc) is 3.53. The lowest BCUT2D eigenvalue weighted by atomic mass is 9.75. The van der Waals surface area contributed by atoms with Gasteiger partial charge in [-0.25, -0.2) is 0 Å². The van der Waals surface area contributed by atoms with E-state index in [1.54, 1.807) is 0 Å². The summed E-state index contributed by atoms with van der Waals surface area (Å²) in [6.45, 7) is 1.88. The van der Waals surface area contributed by atoms with Crippen molar-refractivity contribution in [2.75, 3.05) is 32.1 Å². The van der Waals surface area contributed by atoms with Gasteiger partial charge in [-0.2, -0.15) is 0 Å². The molecular weight excluding hydrogens is 450 g/mol. The van der Waals surface area contributed by atoms with Crippen molar-refractivity contribution in [3.63, 3.8) is 0 Å². The van der Waals surface area contributed by atoms with Crippen molar-refractivity contribution >= 4 is 34.7 Å². The Labute approximate surface area is 204 Å². The molecule has 5 nitrogen and oxygen atoms in total. The first kappa shape index (κ1) is 21.8. The summed E-state index contributed by atoms with van der Waals surface area (Å²) in [6.07, 6.45) is 7.34. The normalized spacial score (nSPS) is 30.2. The van der Waals surface area contributed by atoms with E-state index >= 15 is 0 Å². The first-order chi connectivity index (χ1) is 16.0. The number of nitrogens with zero attached hydrogens (tertiary/aromatic N) is 3. The lowest BCUT2D eigenvalue weighted by molar-refractivity contribution is -0.132. The predicted octanol–water partition coefficient (Wildman–Crippen LogP) is 4.64. The summed E-state index contributed by atoms with van der Waals surface area (Å²) in [5.74, 6) is 2.51.